The molecule has 4 aliphatic rings. The molecule has 2 aromatic rings. The maximum absolute atomic E-state index is 13.0. The number of hydrogen-bond donors (Lipinski definition) is 1. The van der Waals surface area contributed by atoms with Crippen LogP contribution in [0, 0.1) is 23.2 Å². The second-order valence-corrected chi connectivity index (χ2v) is 11.4. The molecule has 4 bridgehead atoms. The van der Waals surface area contributed by atoms with E-state index in [1.54, 1.807) is 17.6 Å². The Kier molecular flexibility index (Phi) is 4.25. The number of halogens is 1. The molecule has 4 fully saturated rings. The van der Waals surface area contributed by atoms with E-state index in [1.807, 2.05) is 12.1 Å². The Morgan fingerprint density at radius 3 is 2.46 bits per heavy atom. The number of thiophene rings is 1. The highest BCUT2D eigenvalue weighted by molar-refractivity contribution is 9.11. The summed E-state index contributed by atoms with van der Waals surface area (Å²) < 4.78 is 1.07. The zero-order chi connectivity index (χ0) is 17.7. The molecule has 8 heteroatoms. The molecule has 0 saturated heterocycles. The number of hydrogen-bond acceptors (Lipinski definition) is 6. The molecule has 6 rings (SSSR count). The summed E-state index contributed by atoms with van der Waals surface area (Å²) in [5, 5.41) is 12.4. The Morgan fingerprint density at radius 1 is 1.15 bits per heavy atom. The molecule has 1 N–H and O–H groups in total. The Labute approximate surface area is 168 Å². The van der Waals surface area contributed by atoms with Gasteiger partial charge in [-0.1, -0.05) is 11.3 Å². The van der Waals surface area contributed by atoms with Crippen molar-refractivity contribution in [2.75, 3.05) is 5.32 Å². The molecule has 1 amide bonds. The number of rotatable bonds is 4. The second kappa shape index (κ2) is 6.49. The number of nitrogens with one attached hydrogen (secondary N) is 1. The fraction of sp³-hybridized carbons (Fsp3) is 0.556. The molecule has 0 aromatic carbocycles. The van der Waals surface area contributed by atoms with Gasteiger partial charge in [0.2, 0.25) is 16.2 Å². The predicted octanol–water partition coefficient (Wildman–Crippen LogP) is 5.27. The molecule has 0 atom stereocenters. The molecule has 0 spiro atoms. The van der Waals surface area contributed by atoms with Crippen LogP contribution in [-0.2, 0) is 4.79 Å². The lowest BCUT2D eigenvalue weighted by molar-refractivity contribution is -0.140. The van der Waals surface area contributed by atoms with E-state index in [1.165, 1.54) is 30.6 Å². The van der Waals surface area contributed by atoms with E-state index in [4.69, 9.17) is 0 Å². The van der Waals surface area contributed by atoms with Gasteiger partial charge >= 0.3 is 0 Å². The van der Waals surface area contributed by atoms with E-state index >= 15 is 0 Å². The number of nitrogens with zero attached hydrogens (tertiary/aromatic N) is 3. The minimum Gasteiger partial charge on any atom is -0.300 e. The van der Waals surface area contributed by atoms with Gasteiger partial charge in [-0.3, -0.25) is 10.1 Å². The molecule has 5 nitrogen and oxygen atoms in total. The lowest BCUT2D eigenvalue weighted by Crippen LogP contribution is -2.51. The van der Waals surface area contributed by atoms with Crippen molar-refractivity contribution in [1.29, 1.82) is 0 Å². The van der Waals surface area contributed by atoms with Gasteiger partial charge in [0.05, 0.1) is 9.20 Å². The van der Waals surface area contributed by atoms with Crippen LogP contribution < -0.4 is 5.32 Å². The average Bonchev–Trinajstić information content (AvgIpc) is 3.20. The molecule has 26 heavy (non-hydrogen) atoms. The molecule has 4 aliphatic carbocycles. The third-order valence-electron chi connectivity index (χ3n) is 6.05. The maximum Gasteiger partial charge on any atom is 0.233 e. The summed E-state index contributed by atoms with van der Waals surface area (Å²) in [4.78, 5) is 18.5. The van der Waals surface area contributed by atoms with Gasteiger partial charge in [0.15, 0.2) is 0 Å². The topological polar surface area (TPSA) is 67.2 Å². The van der Waals surface area contributed by atoms with Crippen molar-refractivity contribution in [3.05, 3.63) is 20.8 Å². The van der Waals surface area contributed by atoms with Gasteiger partial charge in [-0.15, -0.1) is 21.5 Å². The average molecular weight is 451 g/mol. The fourth-order valence-corrected chi connectivity index (χ4v) is 7.33. The molecular weight excluding hydrogens is 432 g/mol. The highest BCUT2D eigenvalue weighted by Gasteiger charge is 2.54. The van der Waals surface area contributed by atoms with Crippen LogP contribution in [0.25, 0.3) is 0 Å². The van der Waals surface area contributed by atoms with Gasteiger partial charge in [-0.2, -0.15) is 0 Å². The number of carbonyl (C=O) groups is 1. The molecule has 2 aromatic heterocycles. The van der Waals surface area contributed by atoms with Crippen LogP contribution in [0.5, 0.6) is 0 Å². The summed E-state index contributed by atoms with van der Waals surface area (Å²) in [6, 6.07) is 3.98. The number of aliphatic imine (C=N–C) groups is 1. The van der Waals surface area contributed by atoms with Crippen LogP contribution in [-0.4, -0.2) is 22.3 Å². The van der Waals surface area contributed by atoms with Crippen LogP contribution in [0.1, 0.15) is 43.4 Å². The lowest BCUT2D eigenvalue weighted by Gasteiger charge is -2.55. The smallest absolute Gasteiger partial charge is 0.233 e. The second-order valence-electron chi connectivity index (χ2n) is 7.94. The van der Waals surface area contributed by atoms with Gasteiger partial charge in [0.1, 0.15) is 0 Å². The summed E-state index contributed by atoms with van der Waals surface area (Å²) in [5.41, 5.74) is -0.160. The minimum absolute atomic E-state index is 0.158. The largest absolute Gasteiger partial charge is 0.300 e. The van der Waals surface area contributed by atoms with Crippen LogP contribution in [0.2, 0.25) is 0 Å². The molecule has 136 valence electrons. The predicted molar refractivity (Wildman–Crippen MR) is 108 cm³/mol. The van der Waals surface area contributed by atoms with E-state index in [2.05, 4.69) is 36.4 Å². The number of carbonyl (C=O) groups excluding carboxylic acids is 1. The first-order valence-corrected chi connectivity index (χ1v) is 11.4. The molecule has 2 heterocycles. The van der Waals surface area contributed by atoms with Crippen LogP contribution >= 0.6 is 38.6 Å². The van der Waals surface area contributed by atoms with Crippen molar-refractivity contribution in [2.24, 2.45) is 28.2 Å². The van der Waals surface area contributed by atoms with Crippen LogP contribution in [0.3, 0.4) is 0 Å². The monoisotopic (exact) mass is 450 g/mol. The van der Waals surface area contributed by atoms with Crippen molar-refractivity contribution in [1.82, 2.24) is 10.2 Å². The van der Waals surface area contributed by atoms with E-state index in [9.17, 15) is 4.79 Å². The summed E-state index contributed by atoms with van der Waals surface area (Å²) in [6.07, 6.45) is 8.96. The van der Waals surface area contributed by atoms with Crippen molar-refractivity contribution >= 4 is 61.0 Å². The third-order valence-corrected chi connectivity index (χ3v) is 8.36. The SMILES string of the molecule is O=C(Nc1nnc(N=Cc2ccc(Br)s2)s1)C12CC3CC(CC(C3)C1)C2. The zero-order valence-electron chi connectivity index (χ0n) is 14.2. The van der Waals surface area contributed by atoms with E-state index in [0.29, 0.717) is 10.3 Å². The first-order valence-electron chi connectivity index (χ1n) is 9.02. The summed E-state index contributed by atoms with van der Waals surface area (Å²) in [6.45, 7) is 0. The van der Waals surface area contributed by atoms with Gasteiger partial charge in [0, 0.05) is 11.1 Å². The van der Waals surface area contributed by atoms with Crippen molar-refractivity contribution in [3.63, 3.8) is 0 Å². The van der Waals surface area contributed by atoms with Gasteiger partial charge in [-0.05, 0) is 84.3 Å². The summed E-state index contributed by atoms with van der Waals surface area (Å²) in [7, 11) is 0. The minimum atomic E-state index is -0.160. The van der Waals surface area contributed by atoms with Crippen LogP contribution in [0.15, 0.2) is 20.9 Å². The van der Waals surface area contributed by atoms with Crippen molar-refractivity contribution in [2.45, 2.75) is 38.5 Å². The fourth-order valence-electron chi connectivity index (χ4n) is 5.45. The molecule has 0 unspecified atom stereocenters. The van der Waals surface area contributed by atoms with Gasteiger partial charge in [0.25, 0.3) is 0 Å². The maximum atomic E-state index is 13.0. The summed E-state index contributed by atoms with van der Waals surface area (Å²) in [5.74, 6) is 2.43. The Balaban J connectivity index is 1.27. The zero-order valence-corrected chi connectivity index (χ0v) is 17.4. The van der Waals surface area contributed by atoms with Gasteiger partial charge in [-0.25, -0.2) is 4.99 Å². The quantitative estimate of drug-likeness (QED) is 0.645. The Morgan fingerprint density at radius 2 is 1.85 bits per heavy atom. The van der Waals surface area contributed by atoms with Crippen molar-refractivity contribution in [3.8, 4) is 0 Å². The normalized spacial score (nSPS) is 32.4. The van der Waals surface area contributed by atoms with Gasteiger partial charge < -0.3 is 0 Å². The summed E-state index contributed by atoms with van der Waals surface area (Å²) >= 11 is 6.38. The molecule has 0 aliphatic heterocycles. The van der Waals surface area contributed by atoms with E-state index in [-0.39, 0.29) is 11.3 Å². The highest BCUT2D eigenvalue weighted by atomic mass is 79.9. The Bertz CT molecular complexity index is 839. The van der Waals surface area contributed by atoms with E-state index < -0.39 is 0 Å². The first-order chi connectivity index (χ1) is 12.6. The highest BCUT2D eigenvalue weighted by Crippen LogP contribution is 2.60. The first kappa shape index (κ1) is 17.0. The van der Waals surface area contributed by atoms with Crippen molar-refractivity contribution < 1.29 is 4.79 Å². The molecular formula is C18H19BrN4OS2. The van der Waals surface area contributed by atoms with Crippen LogP contribution in [0.4, 0.5) is 10.3 Å². The standard InChI is InChI=1S/C18H19BrN4OS2/c19-14-2-1-13(25-14)9-20-16-22-23-17(26-16)21-15(24)18-6-10-3-11(7-18)5-12(4-10)8-18/h1-2,9-12H,3-8H2,(H,21,23,24). The lowest BCUT2D eigenvalue weighted by atomic mass is 9.49. The number of aromatic nitrogens is 2. The van der Waals surface area contributed by atoms with E-state index in [0.717, 1.165) is 45.7 Å². The molecule has 4 saturated carbocycles. The molecule has 0 radical (unpaired) electrons. The number of anilines is 1. The Hall–Kier alpha value is -1.12. The number of amides is 1. The third kappa shape index (κ3) is 3.16.